The van der Waals surface area contributed by atoms with Gasteiger partial charge in [-0.05, 0) is 106 Å². The van der Waals surface area contributed by atoms with Crippen molar-refractivity contribution in [2.45, 2.75) is 26.2 Å². The molecule has 0 saturated heterocycles. The van der Waals surface area contributed by atoms with E-state index in [1.165, 1.54) is 33.4 Å². The van der Waals surface area contributed by atoms with Crippen molar-refractivity contribution in [3.63, 3.8) is 0 Å². The molecule has 0 bridgehead atoms. The largest absolute Gasteiger partial charge is 0.278 e. The van der Waals surface area contributed by atoms with Crippen LogP contribution in [0.5, 0.6) is 0 Å². The van der Waals surface area contributed by atoms with Gasteiger partial charge in [-0.2, -0.15) is 9.97 Å². The predicted molar refractivity (Wildman–Crippen MR) is 241 cm³/mol. The number of fused-ring (bicyclic) bond motifs is 6. The van der Waals surface area contributed by atoms with E-state index in [1.54, 1.807) is 0 Å². The van der Waals surface area contributed by atoms with E-state index in [9.17, 15) is 0 Å². The quantitative estimate of drug-likeness (QED) is 0.169. The minimum atomic E-state index is -0.179. The molecule has 0 aliphatic heterocycles. The van der Waals surface area contributed by atoms with Crippen LogP contribution in [0.2, 0.25) is 0 Å². The van der Waals surface area contributed by atoms with Crippen LogP contribution in [0, 0.1) is 6.92 Å². The second kappa shape index (κ2) is 13.6. The van der Waals surface area contributed by atoms with Crippen molar-refractivity contribution in [3.8, 4) is 73.4 Å². The highest BCUT2D eigenvalue weighted by Gasteiger charge is 2.36. The van der Waals surface area contributed by atoms with E-state index in [1.807, 2.05) is 54.7 Å². The van der Waals surface area contributed by atoms with Gasteiger partial charge in [-0.15, -0.1) is 0 Å². The van der Waals surface area contributed by atoms with Crippen molar-refractivity contribution in [1.82, 2.24) is 24.5 Å². The molecule has 11 rings (SSSR count). The lowest BCUT2D eigenvalue weighted by Crippen LogP contribution is -2.15. The molecule has 0 amide bonds. The van der Waals surface area contributed by atoms with Crippen LogP contribution in [0.25, 0.3) is 95.2 Å². The third kappa shape index (κ3) is 5.85. The Hall–Kier alpha value is -7.50. The van der Waals surface area contributed by atoms with E-state index in [2.05, 4.69) is 158 Å². The molecule has 0 radical (unpaired) electrons. The van der Waals surface area contributed by atoms with Crippen LogP contribution in [-0.2, 0) is 5.41 Å². The fraction of sp³-hybridized carbons (Fsp3) is 0.0741. The lowest BCUT2D eigenvalue weighted by Gasteiger charge is -2.21. The van der Waals surface area contributed by atoms with E-state index in [0.717, 1.165) is 60.9 Å². The average Bonchev–Trinajstić information content (AvgIpc) is 3.73. The van der Waals surface area contributed by atoms with Crippen molar-refractivity contribution < 1.29 is 0 Å². The zero-order chi connectivity index (χ0) is 39.7. The Morgan fingerprint density at radius 2 is 1.03 bits per heavy atom. The fourth-order valence-electron chi connectivity index (χ4n) is 9.01. The van der Waals surface area contributed by atoms with Gasteiger partial charge in [0.05, 0.1) is 16.7 Å². The number of aromatic nitrogens is 5. The van der Waals surface area contributed by atoms with Gasteiger partial charge in [0.1, 0.15) is 0 Å². The first kappa shape index (κ1) is 34.7. The molecule has 10 aromatic rings. The van der Waals surface area contributed by atoms with E-state index < -0.39 is 0 Å². The summed E-state index contributed by atoms with van der Waals surface area (Å²) < 4.78 is 2.25. The van der Waals surface area contributed by atoms with Crippen LogP contribution >= 0.6 is 0 Å². The molecule has 7 aromatic carbocycles. The summed E-state index contributed by atoms with van der Waals surface area (Å²) in [5, 5.41) is 2.30. The smallest absolute Gasteiger partial charge is 0.238 e. The minimum Gasteiger partial charge on any atom is -0.278 e. The molecule has 1 aliphatic carbocycles. The third-order valence-corrected chi connectivity index (χ3v) is 11.9. The molecular weight excluding hydrogens is 719 g/mol. The summed E-state index contributed by atoms with van der Waals surface area (Å²) in [4.78, 5) is 20.1. The van der Waals surface area contributed by atoms with Gasteiger partial charge in [-0.1, -0.05) is 141 Å². The Balaban J connectivity index is 1.15. The lowest BCUT2D eigenvalue weighted by molar-refractivity contribution is 0.661. The number of pyridine rings is 1. The number of rotatable bonds is 6. The first-order valence-electron chi connectivity index (χ1n) is 20.1. The van der Waals surface area contributed by atoms with E-state index >= 15 is 0 Å². The van der Waals surface area contributed by atoms with Crippen molar-refractivity contribution in [3.05, 3.63) is 199 Å². The molecule has 280 valence electrons. The van der Waals surface area contributed by atoms with Crippen LogP contribution < -0.4 is 0 Å². The van der Waals surface area contributed by atoms with Gasteiger partial charge in [0.25, 0.3) is 0 Å². The summed E-state index contributed by atoms with van der Waals surface area (Å²) in [7, 11) is 0. The van der Waals surface area contributed by atoms with Crippen molar-refractivity contribution in [2.75, 3.05) is 0 Å². The van der Waals surface area contributed by atoms with Gasteiger partial charge < -0.3 is 0 Å². The van der Waals surface area contributed by atoms with Crippen molar-refractivity contribution in [2.24, 2.45) is 0 Å². The summed E-state index contributed by atoms with van der Waals surface area (Å²) in [5.74, 6) is 1.85. The summed E-state index contributed by atoms with van der Waals surface area (Å²) in [6, 6.07) is 62.4. The predicted octanol–water partition coefficient (Wildman–Crippen LogP) is 13.3. The van der Waals surface area contributed by atoms with Gasteiger partial charge >= 0.3 is 0 Å². The summed E-state index contributed by atoms with van der Waals surface area (Å²) in [5.41, 5.74) is 16.9. The van der Waals surface area contributed by atoms with Gasteiger partial charge in [0.2, 0.25) is 5.95 Å². The zero-order valence-corrected chi connectivity index (χ0v) is 33.1. The molecule has 0 saturated carbocycles. The molecule has 5 heteroatoms. The molecular formula is C54H39N5. The minimum absolute atomic E-state index is 0.179. The second-order valence-corrected chi connectivity index (χ2v) is 16.1. The third-order valence-electron chi connectivity index (χ3n) is 11.9. The van der Waals surface area contributed by atoms with Crippen LogP contribution in [0.1, 0.15) is 30.5 Å². The van der Waals surface area contributed by atoms with Gasteiger partial charge in [0.15, 0.2) is 11.6 Å². The molecule has 0 spiro atoms. The van der Waals surface area contributed by atoms with Gasteiger partial charge in [-0.25, -0.2) is 4.98 Å². The zero-order valence-electron chi connectivity index (χ0n) is 33.1. The van der Waals surface area contributed by atoms with E-state index in [0.29, 0.717) is 17.6 Å². The highest BCUT2D eigenvalue weighted by molar-refractivity contribution is 6.12. The van der Waals surface area contributed by atoms with E-state index in [4.69, 9.17) is 15.0 Å². The highest BCUT2D eigenvalue weighted by Crippen LogP contribution is 2.51. The first-order valence-corrected chi connectivity index (χ1v) is 20.1. The summed E-state index contributed by atoms with van der Waals surface area (Å²) >= 11 is 0. The normalized spacial score (nSPS) is 12.8. The average molecular weight is 758 g/mol. The Morgan fingerprint density at radius 3 is 1.75 bits per heavy atom. The SMILES string of the molecule is Cc1cc(-c2cccc(-c3ccccn3)c2)cc(-c2ccc3c(c2)c2cc4c(cc2n3-c2nc(-c3ccccc3)nc(-c3ccccc3)n2)C(C)(C)c2ccccc2-4)c1. The summed E-state index contributed by atoms with van der Waals surface area (Å²) in [6.07, 6.45) is 1.85. The standard InChI is InChI=1S/C54H39N5/c1-34-27-40(37-19-14-20-39(29-37)48-23-12-13-26-55-48)30-41(28-34)38-24-25-49-44(31-38)45-32-43-42-21-10-11-22-46(42)54(2,3)47(43)33-50(45)59(49)53-57-51(35-15-6-4-7-16-35)56-52(58-53)36-17-8-5-9-18-36/h4-33H,1-3H3. The van der Waals surface area contributed by atoms with E-state index in [-0.39, 0.29) is 5.41 Å². The van der Waals surface area contributed by atoms with Crippen LogP contribution in [0.4, 0.5) is 0 Å². The first-order chi connectivity index (χ1) is 28.9. The second-order valence-electron chi connectivity index (χ2n) is 16.1. The molecule has 3 aromatic heterocycles. The summed E-state index contributed by atoms with van der Waals surface area (Å²) in [6.45, 7) is 6.85. The van der Waals surface area contributed by atoms with Crippen LogP contribution in [0.3, 0.4) is 0 Å². The Labute approximate surface area is 343 Å². The van der Waals surface area contributed by atoms with Crippen LogP contribution in [-0.4, -0.2) is 24.5 Å². The number of benzene rings is 7. The van der Waals surface area contributed by atoms with Crippen molar-refractivity contribution in [1.29, 1.82) is 0 Å². The molecule has 0 atom stereocenters. The van der Waals surface area contributed by atoms with Gasteiger partial charge in [0, 0.05) is 39.1 Å². The number of nitrogens with zero attached hydrogens (tertiary/aromatic N) is 5. The maximum atomic E-state index is 5.24. The molecule has 0 N–H and O–H groups in total. The Kier molecular flexibility index (Phi) is 7.99. The van der Waals surface area contributed by atoms with Gasteiger partial charge in [-0.3, -0.25) is 9.55 Å². The molecule has 1 aliphatic rings. The monoisotopic (exact) mass is 757 g/mol. The molecule has 5 nitrogen and oxygen atoms in total. The maximum absolute atomic E-state index is 5.24. The molecule has 59 heavy (non-hydrogen) atoms. The highest BCUT2D eigenvalue weighted by atomic mass is 15.2. The Bertz CT molecular complexity index is 3180. The van der Waals surface area contributed by atoms with Crippen molar-refractivity contribution >= 4 is 21.8 Å². The number of hydrogen-bond donors (Lipinski definition) is 0. The lowest BCUT2D eigenvalue weighted by atomic mass is 9.82. The fourth-order valence-corrected chi connectivity index (χ4v) is 9.01. The number of hydrogen-bond acceptors (Lipinski definition) is 4. The van der Waals surface area contributed by atoms with Crippen LogP contribution in [0.15, 0.2) is 182 Å². The molecule has 3 heterocycles. The molecule has 0 unspecified atom stereocenters. The molecule has 0 fully saturated rings. The maximum Gasteiger partial charge on any atom is 0.238 e. The number of aryl methyl sites for hydroxylation is 1. The topological polar surface area (TPSA) is 56.5 Å². The Morgan fingerprint density at radius 1 is 0.424 bits per heavy atom.